The number of hydrogen-bond donors (Lipinski definition) is 0. The van der Waals surface area contributed by atoms with Crippen molar-refractivity contribution in [1.29, 1.82) is 0 Å². The average molecular weight is 524 g/mol. The predicted molar refractivity (Wildman–Crippen MR) is 101 cm³/mol. The van der Waals surface area contributed by atoms with Crippen molar-refractivity contribution >= 4 is 36.5 Å². The fourth-order valence-electron chi connectivity index (χ4n) is 4.05. The SMILES string of the molecule is CN1c2ccc(Br)[c]([Zr+2][C]3=CC=CC3)c2C2=Cc3ccccc3C21.[Cl-].[Cl-]. The Hall–Kier alpha value is -0.597. The minimum atomic E-state index is -0.773. The normalized spacial score (nSPS) is 18.1. The third-order valence-corrected chi connectivity index (χ3v) is 10.3. The zero-order valence-corrected chi connectivity index (χ0v) is 19.7. The summed E-state index contributed by atoms with van der Waals surface area (Å²) in [6.45, 7) is 0. The Morgan fingerprint density at radius 3 is 2.69 bits per heavy atom. The molecule has 1 aliphatic heterocycles. The van der Waals surface area contributed by atoms with E-state index < -0.39 is 23.2 Å². The van der Waals surface area contributed by atoms with Crippen molar-refractivity contribution in [3.05, 3.63) is 79.1 Å². The topological polar surface area (TPSA) is 3.24 Å². The summed E-state index contributed by atoms with van der Waals surface area (Å²) in [5.41, 5.74) is 7.23. The van der Waals surface area contributed by atoms with Crippen LogP contribution in [0.3, 0.4) is 0 Å². The number of anilines is 1. The Bertz CT molecular complexity index is 964. The monoisotopic (exact) mass is 521 g/mol. The van der Waals surface area contributed by atoms with E-state index in [9.17, 15) is 0 Å². The minimum absolute atomic E-state index is 0. The van der Waals surface area contributed by atoms with E-state index in [1.54, 1.807) is 6.55 Å². The van der Waals surface area contributed by atoms with Crippen LogP contribution < -0.4 is 33.0 Å². The number of nitrogens with zero attached hydrogens (tertiary/aromatic N) is 1. The second-order valence-corrected chi connectivity index (χ2v) is 10.8. The van der Waals surface area contributed by atoms with Crippen molar-refractivity contribution in [2.75, 3.05) is 11.9 Å². The molecule has 130 valence electrons. The summed E-state index contributed by atoms with van der Waals surface area (Å²) in [5, 5.41) is 0. The van der Waals surface area contributed by atoms with Crippen LogP contribution in [-0.2, 0) is 23.2 Å². The maximum Gasteiger partial charge on any atom is -1.00 e. The first-order valence-corrected chi connectivity index (χ1v) is 11.5. The van der Waals surface area contributed by atoms with Gasteiger partial charge in [-0.05, 0) is 0 Å². The number of hydrogen-bond acceptors (Lipinski definition) is 1. The minimum Gasteiger partial charge on any atom is -1.00 e. The molecule has 3 aliphatic rings. The zero-order chi connectivity index (χ0) is 16.3. The summed E-state index contributed by atoms with van der Waals surface area (Å²) in [6.07, 6.45) is 10.4. The van der Waals surface area contributed by atoms with E-state index in [2.05, 4.69) is 88.6 Å². The molecule has 2 aromatic rings. The molecule has 1 nitrogen and oxygen atoms in total. The summed E-state index contributed by atoms with van der Waals surface area (Å²) >= 11 is 3.09. The molecule has 2 aromatic carbocycles. The quantitative estimate of drug-likeness (QED) is 0.491. The molecule has 26 heavy (non-hydrogen) atoms. The first-order chi connectivity index (χ1) is 11.7. The van der Waals surface area contributed by atoms with Gasteiger partial charge in [0.05, 0.1) is 0 Å². The summed E-state index contributed by atoms with van der Waals surface area (Å²) in [7, 11) is 2.24. The Kier molecular flexibility index (Phi) is 6.04. The van der Waals surface area contributed by atoms with Gasteiger partial charge in [0.1, 0.15) is 0 Å². The van der Waals surface area contributed by atoms with Gasteiger partial charge in [-0.25, -0.2) is 0 Å². The molecular formula is C21H16BrCl2NZr. The van der Waals surface area contributed by atoms with Gasteiger partial charge in [-0.15, -0.1) is 0 Å². The van der Waals surface area contributed by atoms with Gasteiger partial charge in [0.25, 0.3) is 0 Å². The summed E-state index contributed by atoms with van der Waals surface area (Å²) in [6, 6.07) is 13.8. The van der Waals surface area contributed by atoms with Crippen LogP contribution in [0.15, 0.2) is 62.4 Å². The van der Waals surface area contributed by atoms with Crippen molar-refractivity contribution in [3.8, 4) is 0 Å². The third kappa shape index (κ3) is 3.02. The van der Waals surface area contributed by atoms with Crippen molar-refractivity contribution in [1.82, 2.24) is 0 Å². The molecular weight excluding hydrogens is 508 g/mol. The van der Waals surface area contributed by atoms with Crippen LogP contribution >= 0.6 is 15.9 Å². The Morgan fingerprint density at radius 2 is 1.92 bits per heavy atom. The summed E-state index contributed by atoms with van der Waals surface area (Å²) in [4.78, 5) is 2.46. The number of allylic oxidation sites excluding steroid dienone is 4. The largest absolute Gasteiger partial charge is 1.00 e. The summed E-state index contributed by atoms with van der Waals surface area (Å²) < 4.78 is 4.56. The van der Waals surface area contributed by atoms with E-state index >= 15 is 0 Å². The van der Waals surface area contributed by atoms with E-state index in [4.69, 9.17) is 0 Å². The second-order valence-electron chi connectivity index (χ2n) is 6.51. The van der Waals surface area contributed by atoms with Gasteiger partial charge in [-0.2, -0.15) is 0 Å². The molecule has 0 saturated heterocycles. The molecule has 0 bridgehead atoms. The Morgan fingerprint density at radius 1 is 1.12 bits per heavy atom. The number of halogens is 3. The fourth-order valence-corrected chi connectivity index (χ4v) is 8.21. The van der Waals surface area contributed by atoms with Gasteiger partial charge in [-0.3, -0.25) is 0 Å². The molecule has 0 spiro atoms. The van der Waals surface area contributed by atoms with E-state index in [1.165, 1.54) is 32.4 Å². The molecule has 1 unspecified atom stereocenters. The molecule has 0 aromatic heterocycles. The Labute approximate surface area is 186 Å². The molecule has 0 radical (unpaired) electrons. The number of rotatable bonds is 2. The van der Waals surface area contributed by atoms with E-state index in [0.717, 1.165) is 6.42 Å². The average Bonchev–Trinajstić information content (AvgIpc) is 3.27. The number of benzene rings is 2. The number of fused-ring (bicyclic) bond motifs is 5. The van der Waals surface area contributed by atoms with Gasteiger partial charge >= 0.3 is 163 Å². The van der Waals surface area contributed by atoms with Crippen molar-refractivity contribution in [2.45, 2.75) is 12.5 Å². The maximum atomic E-state index is 3.86. The molecule has 1 heterocycles. The molecule has 0 saturated carbocycles. The zero-order valence-electron chi connectivity index (χ0n) is 14.1. The first kappa shape index (κ1) is 20.1. The van der Waals surface area contributed by atoms with Crippen LogP contribution in [0.2, 0.25) is 0 Å². The molecule has 0 fully saturated rings. The van der Waals surface area contributed by atoms with Gasteiger partial charge in [0.2, 0.25) is 0 Å². The van der Waals surface area contributed by atoms with Crippen LogP contribution in [0, 0.1) is 0 Å². The van der Waals surface area contributed by atoms with Crippen molar-refractivity contribution in [3.63, 3.8) is 0 Å². The molecule has 0 amide bonds. The maximum absolute atomic E-state index is 3.86. The van der Waals surface area contributed by atoms with E-state index in [-0.39, 0.29) is 24.8 Å². The van der Waals surface area contributed by atoms with Gasteiger partial charge in [0, 0.05) is 0 Å². The van der Waals surface area contributed by atoms with Crippen molar-refractivity contribution < 1.29 is 48.0 Å². The van der Waals surface area contributed by atoms with E-state index in [0.29, 0.717) is 6.04 Å². The fraction of sp³-hybridized carbons (Fsp3) is 0.143. The van der Waals surface area contributed by atoms with Crippen LogP contribution in [0.4, 0.5) is 5.69 Å². The summed E-state index contributed by atoms with van der Waals surface area (Å²) in [5.74, 6) is 0. The van der Waals surface area contributed by atoms with Gasteiger partial charge in [0.15, 0.2) is 0 Å². The molecule has 5 rings (SSSR count). The van der Waals surface area contributed by atoms with Gasteiger partial charge < -0.3 is 24.8 Å². The standard InChI is InChI=1S/C16H11BrN.C5H5.2ClH.Zr/c1-18-15-7-6-11(17)9-13(15)14-8-10-4-2-3-5-12(10)16(14)18;1-2-4-5-3-1;;;/h2-8,16H,1H3;1-3H,4H2;2*1H;/q;;;;+2/p-2. The van der Waals surface area contributed by atoms with Crippen LogP contribution in [0.1, 0.15) is 29.2 Å². The molecule has 1 atom stereocenters. The van der Waals surface area contributed by atoms with Crippen LogP contribution in [0.5, 0.6) is 0 Å². The van der Waals surface area contributed by atoms with Gasteiger partial charge in [-0.1, -0.05) is 0 Å². The smallest absolute Gasteiger partial charge is 1.00 e. The first-order valence-electron chi connectivity index (χ1n) is 8.23. The van der Waals surface area contributed by atoms with Crippen LogP contribution in [-0.4, -0.2) is 7.05 Å². The molecule has 2 aliphatic carbocycles. The van der Waals surface area contributed by atoms with Crippen molar-refractivity contribution in [2.24, 2.45) is 0 Å². The van der Waals surface area contributed by atoms with E-state index in [1.807, 2.05) is 0 Å². The second kappa shape index (κ2) is 7.80. The van der Waals surface area contributed by atoms with Crippen LogP contribution in [0.25, 0.3) is 11.6 Å². The Balaban J connectivity index is 0.000000980. The molecule has 0 N–H and O–H groups in total. The third-order valence-electron chi connectivity index (χ3n) is 5.14. The molecule has 5 heteroatoms. The predicted octanol–water partition coefficient (Wildman–Crippen LogP) is -0.946. The number of likely N-dealkylation sites (N-methyl/N-ethyl adjacent to an activating group) is 1.